The van der Waals surface area contributed by atoms with Gasteiger partial charge in [-0.1, -0.05) is 13.8 Å². The molecule has 0 atom stereocenters. The second-order valence-electron chi connectivity index (χ2n) is 9.59. The van der Waals surface area contributed by atoms with E-state index >= 15 is 0 Å². The van der Waals surface area contributed by atoms with E-state index < -0.39 is 10.0 Å². The first-order chi connectivity index (χ1) is 16.7. The lowest BCUT2D eigenvalue weighted by Gasteiger charge is -2.32. The minimum Gasteiger partial charge on any atom is -0.486 e. The molecule has 5 rings (SSSR count). The maximum atomic E-state index is 13.3. The van der Waals surface area contributed by atoms with Crippen LogP contribution in [0.5, 0.6) is 11.5 Å². The summed E-state index contributed by atoms with van der Waals surface area (Å²) in [6.07, 6.45) is 0. The van der Waals surface area contributed by atoms with Gasteiger partial charge in [0.2, 0.25) is 10.0 Å². The van der Waals surface area contributed by atoms with Gasteiger partial charge in [-0.2, -0.15) is 4.31 Å². The van der Waals surface area contributed by atoms with Crippen LogP contribution < -0.4 is 20.0 Å². The Bertz CT molecular complexity index is 1420. The van der Waals surface area contributed by atoms with E-state index in [1.165, 1.54) is 14.8 Å². The smallest absolute Gasteiger partial charge is 0.336 e. The molecule has 3 aromatic rings. The number of aryl methyl sites for hydroxylation is 1. The maximum Gasteiger partial charge on any atom is 0.336 e. The van der Waals surface area contributed by atoms with Crippen LogP contribution in [-0.4, -0.2) is 52.1 Å². The van der Waals surface area contributed by atoms with Gasteiger partial charge in [0.1, 0.15) is 25.3 Å². The molecule has 2 aromatic carbocycles. The number of hydrogen-bond acceptors (Lipinski definition) is 6. The molecular weight excluding hydrogens is 468 g/mol. The number of ether oxygens (including phenoxy) is 2. The van der Waals surface area contributed by atoms with Gasteiger partial charge in [0.25, 0.3) is 0 Å². The Labute approximate surface area is 205 Å². The first-order valence-corrected chi connectivity index (χ1v) is 13.5. The molecule has 9 heteroatoms. The zero-order valence-corrected chi connectivity index (χ0v) is 21.1. The van der Waals surface area contributed by atoms with E-state index in [4.69, 9.17) is 13.9 Å². The van der Waals surface area contributed by atoms with E-state index in [-0.39, 0.29) is 10.5 Å². The lowest BCUT2D eigenvalue weighted by Crippen LogP contribution is -3.13. The average molecular weight is 500 g/mol. The van der Waals surface area contributed by atoms with Crippen LogP contribution in [0, 0.1) is 6.92 Å². The molecule has 186 valence electrons. The van der Waals surface area contributed by atoms with Gasteiger partial charge < -0.3 is 18.8 Å². The van der Waals surface area contributed by atoms with Gasteiger partial charge in [0.15, 0.2) is 11.5 Å². The Morgan fingerprint density at radius 3 is 2.43 bits per heavy atom. The summed E-state index contributed by atoms with van der Waals surface area (Å²) in [5.74, 6) is 1.40. The highest BCUT2D eigenvalue weighted by Gasteiger charge is 2.32. The van der Waals surface area contributed by atoms with Crippen molar-refractivity contribution >= 4 is 21.0 Å². The standard InChI is InChI=1S/C26H30N2O6S/c1-17(2)21-15-22-19(13-26(29)34-24(22)12-18(21)3)16-27-6-8-28(9-7-27)35(30,31)20-4-5-23-25(14-20)33-11-10-32-23/h4-5,12-15,17H,6-11,16H2,1-3H3/p+1. The molecule has 3 heterocycles. The molecule has 35 heavy (non-hydrogen) atoms. The second kappa shape index (κ2) is 9.29. The van der Waals surface area contributed by atoms with Crippen LogP contribution >= 0.6 is 0 Å². The summed E-state index contributed by atoms with van der Waals surface area (Å²) in [6, 6.07) is 10.4. The van der Waals surface area contributed by atoms with Crippen molar-refractivity contribution in [2.24, 2.45) is 0 Å². The zero-order chi connectivity index (χ0) is 24.7. The van der Waals surface area contributed by atoms with Crippen molar-refractivity contribution in [2.45, 2.75) is 38.1 Å². The van der Waals surface area contributed by atoms with Crippen molar-refractivity contribution in [3.05, 3.63) is 63.5 Å². The summed E-state index contributed by atoms with van der Waals surface area (Å²) >= 11 is 0. The molecule has 0 unspecified atom stereocenters. The highest BCUT2D eigenvalue weighted by Crippen LogP contribution is 2.33. The zero-order valence-electron chi connectivity index (χ0n) is 20.3. The van der Waals surface area contributed by atoms with Crippen molar-refractivity contribution in [2.75, 3.05) is 39.4 Å². The largest absolute Gasteiger partial charge is 0.486 e. The van der Waals surface area contributed by atoms with Gasteiger partial charge in [0.05, 0.1) is 31.1 Å². The van der Waals surface area contributed by atoms with Crippen LogP contribution in [-0.2, 0) is 16.6 Å². The van der Waals surface area contributed by atoms with Gasteiger partial charge in [-0.05, 0) is 48.2 Å². The van der Waals surface area contributed by atoms with Crippen molar-refractivity contribution in [3.8, 4) is 11.5 Å². The molecule has 0 amide bonds. The summed E-state index contributed by atoms with van der Waals surface area (Å²) < 4.78 is 44.6. The molecule has 8 nitrogen and oxygen atoms in total. The molecule has 0 radical (unpaired) electrons. The first kappa shape index (κ1) is 23.8. The van der Waals surface area contributed by atoms with E-state index in [1.54, 1.807) is 24.3 Å². The fourth-order valence-corrected chi connectivity index (χ4v) is 6.44. The summed E-state index contributed by atoms with van der Waals surface area (Å²) in [6.45, 7) is 9.95. The number of sulfonamides is 1. The highest BCUT2D eigenvalue weighted by atomic mass is 32.2. The molecule has 0 saturated carbocycles. The fourth-order valence-electron chi connectivity index (χ4n) is 4.98. The minimum atomic E-state index is -3.63. The van der Waals surface area contributed by atoms with Crippen molar-refractivity contribution in [1.29, 1.82) is 0 Å². The minimum absolute atomic E-state index is 0.216. The van der Waals surface area contributed by atoms with Gasteiger partial charge in [-0.3, -0.25) is 0 Å². The van der Waals surface area contributed by atoms with Crippen LogP contribution in [0.15, 0.2) is 50.5 Å². The molecule has 2 aliphatic heterocycles. The number of piperazine rings is 1. The Hall–Kier alpha value is -2.88. The number of nitrogens with one attached hydrogen (secondary N) is 1. The third-order valence-electron chi connectivity index (χ3n) is 6.86. The summed E-state index contributed by atoms with van der Waals surface area (Å²) in [5.41, 5.74) is 3.53. The van der Waals surface area contributed by atoms with Crippen LogP contribution in [0.2, 0.25) is 0 Å². The third kappa shape index (κ3) is 4.68. The number of rotatable bonds is 5. The monoisotopic (exact) mass is 499 g/mol. The lowest BCUT2D eigenvalue weighted by molar-refractivity contribution is -0.917. The number of fused-ring (bicyclic) bond motifs is 2. The van der Waals surface area contributed by atoms with Gasteiger partial charge in [-0.25, -0.2) is 13.2 Å². The van der Waals surface area contributed by atoms with Crippen molar-refractivity contribution in [3.63, 3.8) is 0 Å². The van der Waals surface area contributed by atoms with Crippen molar-refractivity contribution < 1.29 is 27.2 Å². The first-order valence-electron chi connectivity index (χ1n) is 12.0. The van der Waals surface area contributed by atoms with E-state index in [0.717, 1.165) is 16.5 Å². The van der Waals surface area contributed by atoms with Crippen LogP contribution in [0.25, 0.3) is 11.0 Å². The molecular formula is C26H31N2O6S+. The number of benzene rings is 2. The Balaban J connectivity index is 1.33. The second-order valence-corrected chi connectivity index (χ2v) is 11.5. The van der Waals surface area contributed by atoms with Crippen LogP contribution in [0.4, 0.5) is 0 Å². The Morgan fingerprint density at radius 2 is 1.71 bits per heavy atom. The van der Waals surface area contributed by atoms with E-state index in [1.807, 2.05) is 13.0 Å². The number of hydrogen-bond donors (Lipinski definition) is 1. The molecule has 1 N–H and O–H groups in total. The molecule has 0 aliphatic carbocycles. The molecule has 1 saturated heterocycles. The Morgan fingerprint density at radius 1 is 1.00 bits per heavy atom. The van der Waals surface area contributed by atoms with Gasteiger partial charge >= 0.3 is 5.63 Å². The lowest BCUT2D eigenvalue weighted by atomic mass is 9.95. The van der Waals surface area contributed by atoms with Crippen molar-refractivity contribution in [1.82, 2.24) is 4.31 Å². The predicted octanol–water partition coefficient (Wildman–Crippen LogP) is 2.09. The highest BCUT2D eigenvalue weighted by molar-refractivity contribution is 7.89. The van der Waals surface area contributed by atoms with E-state index in [0.29, 0.717) is 68.9 Å². The summed E-state index contributed by atoms with van der Waals surface area (Å²) in [7, 11) is -3.63. The van der Waals surface area contributed by atoms with Crippen LogP contribution in [0.1, 0.15) is 36.5 Å². The van der Waals surface area contributed by atoms with E-state index in [9.17, 15) is 13.2 Å². The molecule has 1 aromatic heterocycles. The average Bonchev–Trinajstić information content (AvgIpc) is 2.83. The quantitative estimate of drug-likeness (QED) is 0.541. The normalized spacial score (nSPS) is 17.3. The summed E-state index contributed by atoms with van der Waals surface area (Å²) in [4.78, 5) is 13.7. The third-order valence-corrected chi connectivity index (χ3v) is 8.75. The van der Waals surface area contributed by atoms with Gasteiger partial charge in [-0.15, -0.1) is 0 Å². The SMILES string of the molecule is Cc1cc2oc(=O)cc(C[NH+]3CCN(S(=O)(=O)c4ccc5c(c4)OCCO5)CC3)c2cc1C(C)C. The van der Waals surface area contributed by atoms with E-state index in [2.05, 4.69) is 19.9 Å². The molecule has 2 aliphatic rings. The Kier molecular flexibility index (Phi) is 6.33. The van der Waals surface area contributed by atoms with Crippen LogP contribution in [0.3, 0.4) is 0 Å². The fraction of sp³-hybridized carbons (Fsp3) is 0.423. The maximum absolute atomic E-state index is 13.3. The predicted molar refractivity (Wildman–Crippen MR) is 132 cm³/mol. The molecule has 0 spiro atoms. The number of nitrogens with zero attached hydrogens (tertiary/aromatic N) is 1. The van der Waals surface area contributed by atoms with Gasteiger partial charge in [0, 0.05) is 23.1 Å². The number of quaternary nitrogens is 1. The summed E-state index contributed by atoms with van der Waals surface area (Å²) in [5, 5.41) is 0.956. The topological polar surface area (TPSA) is 90.5 Å². The molecule has 0 bridgehead atoms. The molecule has 1 fully saturated rings.